The van der Waals surface area contributed by atoms with Crippen LogP contribution in [0.1, 0.15) is 43.4 Å². The number of hydrogen-bond donors (Lipinski definition) is 2. The summed E-state index contributed by atoms with van der Waals surface area (Å²) in [7, 11) is 0. The highest BCUT2D eigenvalue weighted by Crippen LogP contribution is 2.39. The van der Waals surface area contributed by atoms with E-state index in [2.05, 4.69) is 10.6 Å². The van der Waals surface area contributed by atoms with Gasteiger partial charge in [-0.3, -0.25) is 4.79 Å². The minimum Gasteiger partial charge on any atom is -0.371 e. The Labute approximate surface area is 174 Å². The number of nitrogens with one attached hydrogen (secondary N) is 2. The van der Waals surface area contributed by atoms with Crippen LogP contribution in [0.3, 0.4) is 0 Å². The van der Waals surface area contributed by atoms with Crippen molar-refractivity contribution in [1.82, 2.24) is 0 Å². The number of hydrogen-bond acceptors (Lipinski definition) is 3. The van der Waals surface area contributed by atoms with Gasteiger partial charge < -0.3 is 15.5 Å². The Bertz CT molecular complexity index is 961. The summed E-state index contributed by atoms with van der Waals surface area (Å²) < 4.78 is 41.4. The third kappa shape index (κ3) is 4.45. The molecule has 30 heavy (non-hydrogen) atoms. The van der Waals surface area contributed by atoms with Crippen LogP contribution >= 0.6 is 0 Å². The van der Waals surface area contributed by atoms with Gasteiger partial charge in [0, 0.05) is 41.9 Å². The number of rotatable bonds is 7. The van der Waals surface area contributed by atoms with E-state index in [0.717, 1.165) is 30.0 Å². The first-order valence-corrected chi connectivity index (χ1v) is 10.1. The van der Waals surface area contributed by atoms with E-state index in [-0.39, 0.29) is 17.3 Å². The summed E-state index contributed by atoms with van der Waals surface area (Å²) in [5.41, 5.74) is 2.57. The molecule has 7 heteroatoms. The van der Waals surface area contributed by atoms with Crippen LogP contribution in [0.4, 0.5) is 30.2 Å². The van der Waals surface area contributed by atoms with Crippen molar-refractivity contribution in [3.05, 3.63) is 59.3 Å². The summed E-state index contributed by atoms with van der Waals surface area (Å²) in [4.78, 5) is 14.1. The molecule has 2 aromatic carbocycles. The molecule has 2 N–H and O–H groups in total. The standard InChI is InChI=1S/C23H26F3N3O/c1-4-11-29(12-5-2)20-10-9-16(13-18(20)23(24,25)26)27-14-17-21-15(3)7-6-8-19(21)28-22(17)30/h6-10,13-14,27H,4-5,11-12H2,1-3H3,(H,28,30)/b17-14+. The van der Waals surface area contributed by atoms with Crippen molar-refractivity contribution in [3.8, 4) is 0 Å². The van der Waals surface area contributed by atoms with Crippen molar-refractivity contribution in [2.45, 2.75) is 39.8 Å². The average molecular weight is 417 g/mol. The third-order valence-electron chi connectivity index (χ3n) is 5.05. The fourth-order valence-corrected chi connectivity index (χ4v) is 3.75. The Morgan fingerprint density at radius 1 is 1.10 bits per heavy atom. The fourth-order valence-electron chi connectivity index (χ4n) is 3.75. The Morgan fingerprint density at radius 2 is 1.80 bits per heavy atom. The van der Waals surface area contributed by atoms with Gasteiger partial charge in [-0.1, -0.05) is 26.0 Å². The average Bonchev–Trinajstić information content (AvgIpc) is 3.02. The number of carbonyl (C=O) groups excluding carboxylic acids is 1. The second kappa shape index (κ2) is 8.81. The van der Waals surface area contributed by atoms with Crippen LogP contribution in [-0.4, -0.2) is 19.0 Å². The molecule has 0 radical (unpaired) electrons. The minimum absolute atomic E-state index is 0.184. The maximum Gasteiger partial charge on any atom is 0.418 e. The van der Waals surface area contributed by atoms with Crippen molar-refractivity contribution in [3.63, 3.8) is 0 Å². The number of anilines is 3. The molecular weight excluding hydrogens is 391 g/mol. The minimum atomic E-state index is -4.48. The number of nitrogens with zero attached hydrogens (tertiary/aromatic N) is 1. The number of aryl methyl sites for hydroxylation is 1. The van der Waals surface area contributed by atoms with Crippen molar-refractivity contribution >= 4 is 28.5 Å². The van der Waals surface area contributed by atoms with Crippen LogP contribution < -0.4 is 15.5 Å². The van der Waals surface area contributed by atoms with Crippen LogP contribution in [0, 0.1) is 6.92 Å². The Morgan fingerprint density at radius 3 is 2.43 bits per heavy atom. The maximum absolute atomic E-state index is 13.8. The summed E-state index contributed by atoms with van der Waals surface area (Å²) >= 11 is 0. The van der Waals surface area contributed by atoms with Gasteiger partial charge in [0.2, 0.25) is 0 Å². The molecule has 0 spiro atoms. The molecule has 4 nitrogen and oxygen atoms in total. The van der Waals surface area contributed by atoms with Gasteiger partial charge in [0.05, 0.1) is 11.1 Å². The van der Waals surface area contributed by atoms with Gasteiger partial charge in [0.25, 0.3) is 5.91 Å². The molecule has 0 saturated carbocycles. The highest BCUT2D eigenvalue weighted by atomic mass is 19.4. The molecule has 0 unspecified atom stereocenters. The van der Waals surface area contributed by atoms with E-state index in [0.29, 0.717) is 24.4 Å². The first-order valence-electron chi connectivity index (χ1n) is 10.1. The first-order chi connectivity index (χ1) is 14.3. The number of benzene rings is 2. The number of halogens is 3. The van der Waals surface area contributed by atoms with Gasteiger partial charge in [-0.25, -0.2) is 0 Å². The Hall–Kier alpha value is -2.96. The molecule has 0 fully saturated rings. The normalized spacial score (nSPS) is 14.6. The van der Waals surface area contributed by atoms with Crippen molar-refractivity contribution in [2.24, 2.45) is 0 Å². The number of alkyl halides is 3. The highest BCUT2D eigenvalue weighted by Gasteiger charge is 2.35. The molecule has 1 heterocycles. The SMILES string of the molecule is CCCN(CCC)c1ccc(N/C=C2/C(=O)Nc3cccc(C)c32)cc1C(F)(F)F. The summed E-state index contributed by atoms with van der Waals surface area (Å²) in [6, 6.07) is 9.76. The molecule has 0 saturated heterocycles. The van der Waals surface area contributed by atoms with Crippen LogP contribution in [0.25, 0.3) is 5.57 Å². The zero-order chi connectivity index (χ0) is 21.9. The van der Waals surface area contributed by atoms with Gasteiger partial charge in [-0.15, -0.1) is 0 Å². The van der Waals surface area contributed by atoms with E-state index in [1.54, 1.807) is 17.0 Å². The quantitative estimate of drug-likeness (QED) is 0.540. The molecule has 0 atom stereocenters. The molecule has 1 amide bonds. The fraction of sp³-hybridized carbons (Fsp3) is 0.348. The van der Waals surface area contributed by atoms with Crippen molar-refractivity contribution in [2.75, 3.05) is 28.6 Å². The molecular formula is C23H26F3N3O. The topological polar surface area (TPSA) is 44.4 Å². The molecule has 0 aromatic heterocycles. The number of fused-ring (bicyclic) bond motifs is 1. The van der Waals surface area contributed by atoms with E-state index in [1.165, 1.54) is 12.3 Å². The lowest BCUT2D eigenvalue weighted by Crippen LogP contribution is -2.27. The molecule has 160 valence electrons. The number of amides is 1. The lowest BCUT2D eigenvalue weighted by Gasteiger charge is -2.27. The highest BCUT2D eigenvalue weighted by molar-refractivity contribution is 6.32. The van der Waals surface area contributed by atoms with E-state index in [9.17, 15) is 18.0 Å². The number of carbonyl (C=O) groups is 1. The smallest absolute Gasteiger partial charge is 0.371 e. The predicted molar refractivity (Wildman–Crippen MR) is 116 cm³/mol. The second-order valence-electron chi connectivity index (χ2n) is 7.37. The summed E-state index contributed by atoms with van der Waals surface area (Å²) in [6.07, 6.45) is -1.48. The van der Waals surface area contributed by atoms with E-state index < -0.39 is 11.7 Å². The van der Waals surface area contributed by atoms with Gasteiger partial charge in [-0.2, -0.15) is 13.2 Å². The molecule has 1 aliphatic rings. The van der Waals surface area contributed by atoms with E-state index in [1.807, 2.05) is 32.9 Å². The van der Waals surface area contributed by atoms with Gasteiger partial charge >= 0.3 is 6.18 Å². The van der Waals surface area contributed by atoms with E-state index in [4.69, 9.17) is 0 Å². The predicted octanol–water partition coefficient (Wildman–Crippen LogP) is 6.05. The molecule has 0 bridgehead atoms. The van der Waals surface area contributed by atoms with Gasteiger partial charge in [0.15, 0.2) is 0 Å². The maximum atomic E-state index is 13.8. The monoisotopic (exact) mass is 417 g/mol. The van der Waals surface area contributed by atoms with Gasteiger partial charge in [0.1, 0.15) is 0 Å². The largest absolute Gasteiger partial charge is 0.418 e. The van der Waals surface area contributed by atoms with Crippen LogP contribution in [0.2, 0.25) is 0 Å². The summed E-state index contributed by atoms with van der Waals surface area (Å²) in [6.45, 7) is 6.91. The van der Waals surface area contributed by atoms with E-state index >= 15 is 0 Å². The molecule has 3 rings (SSSR count). The van der Waals surface area contributed by atoms with Crippen molar-refractivity contribution in [1.29, 1.82) is 0 Å². The molecule has 0 aliphatic carbocycles. The lowest BCUT2D eigenvalue weighted by atomic mass is 10.0. The van der Waals surface area contributed by atoms with Crippen LogP contribution in [0.15, 0.2) is 42.6 Å². The Kier molecular flexibility index (Phi) is 6.39. The lowest BCUT2D eigenvalue weighted by molar-refractivity contribution is -0.137. The third-order valence-corrected chi connectivity index (χ3v) is 5.05. The zero-order valence-electron chi connectivity index (χ0n) is 17.4. The summed E-state index contributed by atoms with van der Waals surface area (Å²) in [5, 5.41) is 5.66. The second-order valence-corrected chi connectivity index (χ2v) is 7.37. The van der Waals surface area contributed by atoms with Crippen molar-refractivity contribution < 1.29 is 18.0 Å². The molecule has 1 aliphatic heterocycles. The van der Waals surface area contributed by atoms with Gasteiger partial charge in [-0.05, 0) is 49.6 Å². The van der Waals surface area contributed by atoms with Crippen LogP contribution in [-0.2, 0) is 11.0 Å². The first kappa shape index (κ1) is 21.7. The summed E-state index contributed by atoms with van der Waals surface area (Å²) in [5.74, 6) is -0.281. The zero-order valence-corrected chi connectivity index (χ0v) is 17.4. The Balaban J connectivity index is 1.95. The van der Waals surface area contributed by atoms with Crippen LogP contribution in [0.5, 0.6) is 0 Å². The molecule has 2 aromatic rings.